The Labute approximate surface area is 105 Å². The summed E-state index contributed by atoms with van der Waals surface area (Å²) in [5.74, 6) is 0. The number of aromatic nitrogens is 1. The van der Waals surface area contributed by atoms with Gasteiger partial charge in [-0.3, -0.25) is 0 Å². The molecule has 2 aromatic rings. The van der Waals surface area contributed by atoms with Gasteiger partial charge in [0.05, 0.1) is 4.48 Å². The second kappa shape index (κ2) is 5.83. The van der Waals surface area contributed by atoms with Gasteiger partial charge in [-0.15, -0.1) is 0 Å². The fourth-order valence-electron chi connectivity index (χ4n) is 1.45. The third-order valence-corrected chi connectivity index (χ3v) is 2.61. The van der Waals surface area contributed by atoms with Crippen LogP contribution in [0.4, 0.5) is 4.48 Å². The average molecular weight is 258 g/mol. The maximum Gasteiger partial charge on any atom is 0.325 e. The van der Waals surface area contributed by atoms with Gasteiger partial charge in [0.25, 0.3) is 0 Å². The fraction of sp³-hybridized carbons (Fsp3) is 0.0833. The molecule has 1 aromatic heterocycles. The van der Waals surface area contributed by atoms with Crippen LogP contribution >= 0.6 is 11.6 Å². The molecular formula is C12H10Cl2FN. The molecule has 4 heteroatoms. The zero-order valence-electron chi connectivity index (χ0n) is 8.41. The van der Waals surface area contributed by atoms with Crippen molar-refractivity contribution in [3.8, 4) is 0 Å². The number of hydrogen-bond acceptors (Lipinski definition) is 0. The Bertz CT molecular complexity index is 460. The van der Waals surface area contributed by atoms with Crippen molar-refractivity contribution in [2.75, 3.05) is 0 Å². The molecule has 0 unspecified atom stereocenters. The van der Waals surface area contributed by atoms with Gasteiger partial charge >= 0.3 is 5.15 Å². The zero-order chi connectivity index (χ0) is 10.7. The van der Waals surface area contributed by atoms with Gasteiger partial charge in [-0.2, -0.15) is 0 Å². The highest BCUT2D eigenvalue weighted by Crippen LogP contribution is 2.15. The van der Waals surface area contributed by atoms with Gasteiger partial charge in [0.15, 0.2) is 0 Å². The fourth-order valence-corrected chi connectivity index (χ4v) is 1.64. The first-order valence-corrected chi connectivity index (χ1v) is 5.04. The van der Waals surface area contributed by atoms with Gasteiger partial charge in [-0.1, -0.05) is 30.3 Å². The molecule has 0 bridgehead atoms. The third kappa shape index (κ3) is 2.94. The quantitative estimate of drug-likeness (QED) is 0.665. The number of rotatable bonds is 2. The molecule has 0 spiro atoms. The van der Waals surface area contributed by atoms with Crippen molar-refractivity contribution in [1.29, 1.82) is 0 Å². The van der Waals surface area contributed by atoms with Crippen molar-refractivity contribution in [3.63, 3.8) is 0 Å². The second-order valence-electron chi connectivity index (χ2n) is 3.30. The third-order valence-electron chi connectivity index (χ3n) is 2.20. The van der Waals surface area contributed by atoms with Crippen LogP contribution in [0, 0.1) is 0 Å². The number of hydrogen-bond donors (Lipinski definition) is 0. The molecular weight excluding hydrogens is 248 g/mol. The van der Waals surface area contributed by atoms with Gasteiger partial charge in [0.2, 0.25) is 6.20 Å². The molecule has 0 aliphatic heterocycles. The Morgan fingerprint density at radius 1 is 1.06 bits per heavy atom. The molecule has 0 amide bonds. The van der Waals surface area contributed by atoms with Crippen molar-refractivity contribution in [1.82, 2.24) is 0 Å². The van der Waals surface area contributed by atoms with E-state index in [1.165, 1.54) is 6.20 Å². The number of halogens is 3. The normalized spacial score (nSPS) is 9.62. The van der Waals surface area contributed by atoms with Gasteiger partial charge in [-0.05, 0) is 23.2 Å². The molecule has 0 aliphatic rings. The summed E-state index contributed by atoms with van der Waals surface area (Å²) in [6.45, 7) is 0. The van der Waals surface area contributed by atoms with E-state index in [0.29, 0.717) is 11.2 Å². The summed E-state index contributed by atoms with van der Waals surface area (Å²) in [6, 6.07) is 13.3. The van der Waals surface area contributed by atoms with E-state index in [9.17, 15) is 4.48 Å². The first-order valence-electron chi connectivity index (χ1n) is 4.66. The highest BCUT2D eigenvalue weighted by Gasteiger charge is 2.13. The monoisotopic (exact) mass is 257 g/mol. The zero-order valence-corrected chi connectivity index (χ0v) is 9.92. The Hall–Kier alpha value is -1.12. The SMILES string of the molecule is F[n+]1cccc(Cc2ccccc2)c1Cl.[Cl-]. The molecule has 0 saturated carbocycles. The van der Waals surface area contributed by atoms with Crippen LogP contribution in [0.1, 0.15) is 11.1 Å². The number of nitrogens with zero attached hydrogens (tertiary/aromatic N) is 1. The minimum atomic E-state index is 0. The molecule has 1 heterocycles. The van der Waals surface area contributed by atoms with Crippen LogP contribution in [0.15, 0.2) is 48.7 Å². The Morgan fingerprint density at radius 3 is 2.44 bits per heavy atom. The van der Waals surface area contributed by atoms with Crippen molar-refractivity contribution in [2.24, 2.45) is 0 Å². The lowest BCUT2D eigenvalue weighted by Crippen LogP contribution is -3.00. The van der Waals surface area contributed by atoms with Crippen LogP contribution in [0.5, 0.6) is 0 Å². The van der Waals surface area contributed by atoms with Gasteiger partial charge < -0.3 is 12.4 Å². The maximum atomic E-state index is 13.1. The van der Waals surface area contributed by atoms with E-state index in [4.69, 9.17) is 11.6 Å². The van der Waals surface area contributed by atoms with Crippen LogP contribution in [0.2, 0.25) is 5.15 Å². The summed E-state index contributed by atoms with van der Waals surface area (Å²) in [4.78, 5) is 0.430. The molecule has 16 heavy (non-hydrogen) atoms. The van der Waals surface area contributed by atoms with E-state index in [1.807, 2.05) is 36.4 Å². The number of pyridine rings is 1. The van der Waals surface area contributed by atoms with Crippen molar-refractivity contribution in [2.45, 2.75) is 6.42 Å². The first-order chi connectivity index (χ1) is 7.27. The standard InChI is InChI=1S/C12H10ClFN.ClH/c13-12-11(7-4-8-15(12)14)9-10-5-2-1-3-6-10;/h1-8H,9H2;1H/q+1;/p-1. The smallest absolute Gasteiger partial charge is 0.325 e. The molecule has 2 rings (SSSR count). The highest BCUT2D eigenvalue weighted by atomic mass is 35.5. The first kappa shape index (κ1) is 12.9. The topological polar surface area (TPSA) is 3.88 Å². The largest absolute Gasteiger partial charge is 1.00 e. The molecule has 1 nitrogen and oxygen atoms in total. The summed E-state index contributed by atoms with van der Waals surface area (Å²) in [5.41, 5.74) is 1.90. The Kier molecular flexibility index (Phi) is 4.71. The van der Waals surface area contributed by atoms with Crippen molar-refractivity contribution in [3.05, 3.63) is 64.9 Å². The molecule has 0 aliphatic carbocycles. The lowest BCUT2D eigenvalue weighted by molar-refractivity contribution is -0.842. The van der Waals surface area contributed by atoms with Crippen LogP contribution in [0.3, 0.4) is 0 Å². The van der Waals surface area contributed by atoms with E-state index in [2.05, 4.69) is 0 Å². The predicted octanol–water partition coefficient (Wildman–Crippen LogP) is -0.0451. The van der Waals surface area contributed by atoms with Crippen LogP contribution in [-0.2, 0) is 6.42 Å². The van der Waals surface area contributed by atoms with Crippen molar-refractivity contribution >= 4 is 11.6 Å². The average Bonchev–Trinajstić information content (AvgIpc) is 2.26. The van der Waals surface area contributed by atoms with Gasteiger partial charge in [0, 0.05) is 22.8 Å². The molecule has 1 aromatic carbocycles. The van der Waals surface area contributed by atoms with Crippen LogP contribution in [-0.4, -0.2) is 0 Å². The van der Waals surface area contributed by atoms with Gasteiger partial charge in [-0.25, -0.2) is 0 Å². The number of benzene rings is 1. The maximum absolute atomic E-state index is 13.1. The minimum absolute atomic E-state index is 0. The lowest BCUT2D eigenvalue weighted by Gasteiger charge is -1.99. The van der Waals surface area contributed by atoms with E-state index in [-0.39, 0.29) is 17.6 Å². The molecule has 0 radical (unpaired) electrons. The summed E-state index contributed by atoms with van der Waals surface area (Å²) in [5, 5.41) is 0.140. The van der Waals surface area contributed by atoms with E-state index >= 15 is 0 Å². The molecule has 84 valence electrons. The van der Waals surface area contributed by atoms with Crippen LogP contribution in [0.25, 0.3) is 0 Å². The van der Waals surface area contributed by atoms with Crippen LogP contribution < -0.4 is 17.2 Å². The molecule has 0 atom stereocenters. The summed E-state index contributed by atoms with van der Waals surface area (Å²) >= 11 is 5.83. The Balaban J connectivity index is 0.00000128. The summed E-state index contributed by atoms with van der Waals surface area (Å²) in [7, 11) is 0. The second-order valence-corrected chi connectivity index (χ2v) is 3.66. The summed E-state index contributed by atoms with van der Waals surface area (Å²) < 4.78 is 13.1. The summed E-state index contributed by atoms with van der Waals surface area (Å²) in [6.07, 6.45) is 1.93. The molecule has 0 saturated heterocycles. The van der Waals surface area contributed by atoms with E-state index in [1.54, 1.807) is 6.07 Å². The van der Waals surface area contributed by atoms with E-state index in [0.717, 1.165) is 11.1 Å². The molecule has 0 fully saturated rings. The lowest BCUT2D eigenvalue weighted by atomic mass is 10.1. The highest BCUT2D eigenvalue weighted by molar-refractivity contribution is 6.29. The van der Waals surface area contributed by atoms with E-state index < -0.39 is 0 Å². The van der Waals surface area contributed by atoms with Crippen molar-refractivity contribution < 1.29 is 21.7 Å². The minimum Gasteiger partial charge on any atom is -1.00 e. The Morgan fingerprint density at radius 2 is 1.75 bits per heavy atom. The molecule has 0 N–H and O–H groups in total. The predicted molar refractivity (Wildman–Crippen MR) is 57.4 cm³/mol. The van der Waals surface area contributed by atoms with Gasteiger partial charge in [0.1, 0.15) is 0 Å².